The Morgan fingerprint density at radius 2 is 0.470 bits per heavy atom. The summed E-state index contributed by atoms with van der Waals surface area (Å²) in [7, 11) is 0. The molecule has 392 valence electrons. The standard InChI is InChI=1S/C57H107F3O6/c1-4-7-10-13-16-19-22-25-28-31-34-37-40-43-46-52(58)55(61)64-49-51(66-57(63)54(60)48-45-42-39-36-33-30-27-24-21-18-15-12-9-6-3)50-65-56(62)53(59)47-44-41-38-35-32-29-26-23-20-17-14-11-8-5-2/h51-54H,4-50H2,1-3H3. The van der Waals surface area contributed by atoms with Crippen LogP contribution in [0.4, 0.5) is 13.2 Å². The molecule has 0 aromatic carbocycles. The number of carbonyl (C=O) groups excluding carboxylic acids is 3. The number of alkyl halides is 3. The van der Waals surface area contributed by atoms with Crippen molar-refractivity contribution in [2.75, 3.05) is 13.2 Å². The first-order chi connectivity index (χ1) is 32.3. The summed E-state index contributed by atoms with van der Waals surface area (Å²) in [6.07, 6.45) is 42.1. The lowest BCUT2D eigenvalue weighted by Gasteiger charge is -2.20. The Morgan fingerprint density at radius 1 is 0.288 bits per heavy atom. The van der Waals surface area contributed by atoms with Crippen LogP contribution >= 0.6 is 0 Å². The molecule has 0 rings (SSSR count). The molecule has 0 N–H and O–H groups in total. The van der Waals surface area contributed by atoms with Crippen molar-refractivity contribution in [3.63, 3.8) is 0 Å². The second-order valence-electron chi connectivity index (χ2n) is 19.9. The van der Waals surface area contributed by atoms with E-state index in [9.17, 15) is 27.6 Å². The molecule has 0 amide bonds. The van der Waals surface area contributed by atoms with Crippen molar-refractivity contribution in [2.45, 2.75) is 334 Å². The van der Waals surface area contributed by atoms with E-state index in [1.54, 1.807) is 0 Å². The van der Waals surface area contributed by atoms with Crippen molar-refractivity contribution in [3.8, 4) is 0 Å². The molecule has 0 bridgehead atoms. The maximum atomic E-state index is 15.0. The van der Waals surface area contributed by atoms with Crippen LogP contribution in [-0.4, -0.2) is 55.7 Å². The molecule has 0 aliphatic carbocycles. The Morgan fingerprint density at radius 3 is 0.682 bits per heavy atom. The molecule has 0 aliphatic rings. The van der Waals surface area contributed by atoms with E-state index in [1.165, 1.54) is 186 Å². The molecule has 9 heteroatoms. The Kier molecular flexibility index (Phi) is 49.7. The second-order valence-corrected chi connectivity index (χ2v) is 19.9. The number of unbranched alkanes of at least 4 members (excludes halogenated alkanes) is 39. The lowest BCUT2D eigenvalue weighted by Crippen LogP contribution is -2.35. The average Bonchev–Trinajstić information content (AvgIpc) is 3.32. The topological polar surface area (TPSA) is 78.9 Å². The van der Waals surface area contributed by atoms with Crippen LogP contribution in [0.2, 0.25) is 0 Å². The molecule has 0 aromatic rings. The Hall–Kier alpha value is -1.80. The first-order valence-corrected chi connectivity index (χ1v) is 28.7. The molecule has 0 fully saturated rings. The molecule has 0 spiro atoms. The van der Waals surface area contributed by atoms with Crippen LogP contribution in [0.15, 0.2) is 0 Å². The van der Waals surface area contributed by atoms with Gasteiger partial charge in [0.25, 0.3) is 0 Å². The maximum Gasteiger partial charge on any atom is 0.341 e. The quantitative estimate of drug-likeness (QED) is 0.0343. The van der Waals surface area contributed by atoms with Gasteiger partial charge in [-0.15, -0.1) is 0 Å². The summed E-state index contributed by atoms with van der Waals surface area (Å²) in [5.74, 6) is -3.35. The van der Waals surface area contributed by atoms with E-state index in [1.807, 2.05) is 0 Å². The van der Waals surface area contributed by atoms with Gasteiger partial charge in [0.1, 0.15) is 13.2 Å². The predicted octanol–water partition coefficient (Wildman–Crippen LogP) is 18.6. The fourth-order valence-corrected chi connectivity index (χ4v) is 8.79. The van der Waals surface area contributed by atoms with Crippen molar-refractivity contribution < 1.29 is 41.8 Å². The summed E-state index contributed by atoms with van der Waals surface area (Å²) in [4.78, 5) is 37.9. The summed E-state index contributed by atoms with van der Waals surface area (Å²) < 4.78 is 60.2. The van der Waals surface area contributed by atoms with E-state index in [0.29, 0.717) is 19.3 Å². The normalized spacial score (nSPS) is 13.4. The van der Waals surface area contributed by atoms with Gasteiger partial charge in [0.15, 0.2) is 24.6 Å². The van der Waals surface area contributed by atoms with Crippen LogP contribution in [-0.2, 0) is 28.6 Å². The van der Waals surface area contributed by atoms with E-state index < -0.39 is 55.7 Å². The van der Waals surface area contributed by atoms with Crippen molar-refractivity contribution >= 4 is 17.9 Å². The first-order valence-electron chi connectivity index (χ1n) is 28.7. The smallest absolute Gasteiger partial charge is 0.341 e. The molecule has 3 unspecified atom stereocenters. The van der Waals surface area contributed by atoms with Gasteiger partial charge in [-0.05, 0) is 38.5 Å². The lowest BCUT2D eigenvalue weighted by molar-refractivity contribution is -0.173. The minimum atomic E-state index is -1.90. The van der Waals surface area contributed by atoms with Crippen LogP contribution < -0.4 is 0 Å². The van der Waals surface area contributed by atoms with Crippen molar-refractivity contribution in [1.82, 2.24) is 0 Å². The number of ether oxygens (including phenoxy) is 3. The average molecular weight is 945 g/mol. The highest BCUT2D eigenvalue weighted by atomic mass is 19.1. The molecule has 66 heavy (non-hydrogen) atoms. The maximum absolute atomic E-state index is 15.0. The van der Waals surface area contributed by atoms with Crippen LogP contribution in [0.25, 0.3) is 0 Å². The van der Waals surface area contributed by atoms with Gasteiger partial charge in [-0.1, -0.05) is 271 Å². The lowest BCUT2D eigenvalue weighted by atomic mass is 10.0. The first kappa shape index (κ1) is 64.2. The highest BCUT2D eigenvalue weighted by Gasteiger charge is 2.28. The molecule has 3 atom stereocenters. The van der Waals surface area contributed by atoms with Crippen molar-refractivity contribution in [3.05, 3.63) is 0 Å². The summed E-state index contributed by atoms with van der Waals surface area (Å²) in [5.41, 5.74) is 0. The van der Waals surface area contributed by atoms with Gasteiger partial charge in [0.2, 0.25) is 0 Å². The van der Waals surface area contributed by atoms with Crippen molar-refractivity contribution in [1.29, 1.82) is 0 Å². The molecule has 0 heterocycles. The fraction of sp³-hybridized carbons (Fsp3) is 0.947. The molecule has 0 radical (unpaired) electrons. The molecule has 0 aromatic heterocycles. The van der Waals surface area contributed by atoms with Gasteiger partial charge in [0.05, 0.1) is 0 Å². The minimum absolute atomic E-state index is 0.0132. The predicted molar refractivity (Wildman–Crippen MR) is 271 cm³/mol. The summed E-state index contributed by atoms with van der Waals surface area (Å²) in [6, 6.07) is 0. The molecular weight excluding hydrogens is 838 g/mol. The Balaban J connectivity index is 4.61. The third-order valence-electron chi connectivity index (χ3n) is 13.3. The van der Waals surface area contributed by atoms with Gasteiger partial charge < -0.3 is 14.2 Å². The largest absolute Gasteiger partial charge is 0.459 e. The number of halogens is 3. The highest BCUT2D eigenvalue weighted by Crippen LogP contribution is 2.19. The van der Waals surface area contributed by atoms with E-state index >= 15 is 0 Å². The van der Waals surface area contributed by atoms with E-state index in [-0.39, 0.29) is 19.3 Å². The summed E-state index contributed by atoms with van der Waals surface area (Å²) in [5, 5.41) is 0. The summed E-state index contributed by atoms with van der Waals surface area (Å²) in [6.45, 7) is 5.49. The SMILES string of the molecule is CCCCCCCCCCCCCCCCC(F)C(=O)OCC(COC(=O)C(F)CCCCCCCCCCCCCCCC)OC(=O)C(F)CCCCCCCCCCCCCCCC. The second kappa shape index (κ2) is 51.1. The minimum Gasteiger partial charge on any atom is -0.459 e. The Bertz CT molecular complexity index is 992. The number of esters is 3. The van der Waals surface area contributed by atoms with Crippen LogP contribution in [0.5, 0.6) is 0 Å². The van der Waals surface area contributed by atoms with Crippen LogP contribution in [0.3, 0.4) is 0 Å². The number of carbonyl (C=O) groups is 3. The zero-order chi connectivity index (χ0) is 48.4. The van der Waals surface area contributed by atoms with E-state index in [0.717, 1.165) is 64.2 Å². The van der Waals surface area contributed by atoms with Gasteiger partial charge in [0, 0.05) is 0 Å². The third kappa shape index (κ3) is 44.7. The molecule has 0 aliphatic heterocycles. The Labute approximate surface area is 405 Å². The summed E-state index contributed by atoms with van der Waals surface area (Å²) >= 11 is 0. The number of hydrogen-bond acceptors (Lipinski definition) is 6. The van der Waals surface area contributed by atoms with Crippen molar-refractivity contribution in [2.24, 2.45) is 0 Å². The molecule has 0 saturated carbocycles. The number of hydrogen-bond donors (Lipinski definition) is 0. The van der Waals surface area contributed by atoms with Gasteiger partial charge >= 0.3 is 17.9 Å². The van der Waals surface area contributed by atoms with Crippen LogP contribution in [0, 0.1) is 0 Å². The highest BCUT2D eigenvalue weighted by molar-refractivity contribution is 5.76. The van der Waals surface area contributed by atoms with Gasteiger partial charge in [-0.3, -0.25) is 0 Å². The fourth-order valence-electron chi connectivity index (χ4n) is 8.79. The monoisotopic (exact) mass is 945 g/mol. The van der Waals surface area contributed by atoms with Crippen LogP contribution in [0.1, 0.15) is 310 Å². The zero-order valence-corrected chi connectivity index (χ0v) is 43.6. The number of rotatable bonds is 53. The van der Waals surface area contributed by atoms with E-state index in [2.05, 4.69) is 20.8 Å². The molecule has 6 nitrogen and oxygen atoms in total. The third-order valence-corrected chi connectivity index (χ3v) is 13.3. The molecular formula is C57H107F3O6. The zero-order valence-electron chi connectivity index (χ0n) is 43.6. The molecule has 0 saturated heterocycles. The van der Waals surface area contributed by atoms with Gasteiger partial charge in [-0.2, -0.15) is 0 Å². The van der Waals surface area contributed by atoms with E-state index in [4.69, 9.17) is 14.2 Å². The van der Waals surface area contributed by atoms with Gasteiger partial charge in [-0.25, -0.2) is 27.6 Å².